The molecule has 2 aromatic carbocycles. The van der Waals surface area contributed by atoms with Crippen molar-refractivity contribution in [2.75, 3.05) is 44.2 Å². The molecule has 0 amide bonds. The Labute approximate surface area is 170 Å². The van der Waals surface area contributed by atoms with Crippen LogP contribution in [-0.4, -0.2) is 50.2 Å². The minimum atomic E-state index is -0.212. The lowest BCUT2D eigenvalue weighted by molar-refractivity contribution is 0.326. The van der Waals surface area contributed by atoms with Gasteiger partial charge >= 0.3 is 0 Å². The second-order valence-electron chi connectivity index (χ2n) is 5.85. The van der Waals surface area contributed by atoms with Crippen molar-refractivity contribution >= 4 is 35.6 Å². The van der Waals surface area contributed by atoms with Crippen molar-refractivity contribution in [3.8, 4) is 5.75 Å². The molecule has 5 nitrogen and oxygen atoms in total. The van der Waals surface area contributed by atoms with Crippen LogP contribution in [0.5, 0.6) is 5.75 Å². The van der Waals surface area contributed by atoms with E-state index in [0.29, 0.717) is 19.1 Å². The maximum atomic E-state index is 13.0. The van der Waals surface area contributed by atoms with Gasteiger partial charge in [-0.2, -0.15) is 0 Å². The van der Waals surface area contributed by atoms with E-state index in [1.165, 1.54) is 12.1 Å². The summed E-state index contributed by atoms with van der Waals surface area (Å²) in [5.74, 6) is 1.18. The molecule has 0 bridgehead atoms. The van der Waals surface area contributed by atoms with E-state index in [4.69, 9.17) is 10.5 Å². The molecule has 1 aliphatic rings. The lowest BCUT2D eigenvalue weighted by Gasteiger charge is -2.36. The number of aliphatic imine (C=N–C) groups is 1. The zero-order valence-electron chi connectivity index (χ0n) is 14.6. The van der Waals surface area contributed by atoms with Gasteiger partial charge in [-0.05, 0) is 36.4 Å². The molecule has 1 aliphatic heterocycles. The molecule has 7 heteroatoms. The maximum absolute atomic E-state index is 13.0. The first-order valence-electron chi connectivity index (χ1n) is 8.45. The molecule has 0 saturated carbocycles. The minimum absolute atomic E-state index is 0. The molecule has 0 atom stereocenters. The molecule has 1 saturated heterocycles. The lowest BCUT2D eigenvalue weighted by atomic mass is 10.2. The van der Waals surface area contributed by atoms with Crippen LogP contribution in [0.4, 0.5) is 10.1 Å². The van der Waals surface area contributed by atoms with Gasteiger partial charge in [0.15, 0.2) is 5.96 Å². The molecule has 0 unspecified atom stereocenters. The van der Waals surface area contributed by atoms with Gasteiger partial charge in [-0.15, -0.1) is 24.0 Å². The molecule has 26 heavy (non-hydrogen) atoms. The van der Waals surface area contributed by atoms with Crippen LogP contribution in [0.25, 0.3) is 0 Å². The molecule has 0 radical (unpaired) electrons. The zero-order valence-corrected chi connectivity index (χ0v) is 16.9. The van der Waals surface area contributed by atoms with E-state index < -0.39 is 0 Å². The Balaban J connectivity index is 0.00000243. The average Bonchev–Trinajstić information content (AvgIpc) is 2.67. The number of nitrogens with zero attached hydrogens (tertiary/aromatic N) is 3. The van der Waals surface area contributed by atoms with Crippen LogP contribution in [0.1, 0.15) is 0 Å². The first kappa shape index (κ1) is 20.3. The highest BCUT2D eigenvalue weighted by Gasteiger charge is 2.18. The summed E-state index contributed by atoms with van der Waals surface area (Å²) >= 11 is 0. The maximum Gasteiger partial charge on any atom is 0.191 e. The van der Waals surface area contributed by atoms with E-state index >= 15 is 0 Å². The summed E-state index contributed by atoms with van der Waals surface area (Å²) in [6.45, 7) is 4.29. The van der Waals surface area contributed by atoms with Gasteiger partial charge in [0.1, 0.15) is 18.2 Å². The largest absolute Gasteiger partial charge is 0.492 e. The number of anilines is 1. The highest BCUT2D eigenvalue weighted by Crippen LogP contribution is 2.16. The SMILES string of the molecule is I.NC(=NCCOc1ccccc1)N1CCN(c2ccc(F)cc2)CC1. The van der Waals surface area contributed by atoms with Crippen molar-refractivity contribution in [1.29, 1.82) is 0 Å². The van der Waals surface area contributed by atoms with E-state index in [9.17, 15) is 4.39 Å². The van der Waals surface area contributed by atoms with Gasteiger partial charge in [0.25, 0.3) is 0 Å². The fraction of sp³-hybridized carbons (Fsp3) is 0.316. The van der Waals surface area contributed by atoms with Crippen molar-refractivity contribution in [3.63, 3.8) is 0 Å². The summed E-state index contributed by atoms with van der Waals surface area (Å²) < 4.78 is 18.6. The van der Waals surface area contributed by atoms with Gasteiger partial charge in [0, 0.05) is 31.9 Å². The van der Waals surface area contributed by atoms with Crippen molar-refractivity contribution in [2.24, 2.45) is 10.7 Å². The van der Waals surface area contributed by atoms with Crippen LogP contribution in [0, 0.1) is 5.82 Å². The normalized spacial score (nSPS) is 14.7. The van der Waals surface area contributed by atoms with Gasteiger partial charge in [-0.25, -0.2) is 9.38 Å². The predicted octanol–water partition coefficient (Wildman–Crippen LogP) is 2.96. The lowest BCUT2D eigenvalue weighted by Crippen LogP contribution is -2.51. The van der Waals surface area contributed by atoms with E-state index in [2.05, 4.69) is 14.8 Å². The monoisotopic (exact) mass is 470 g/mol. The number of rotatable bonds is 5. The van der Waals surface area contributed by atoms with Gasteiger partial charge in [-0.1, -0.05) is 18.2 Å². The molecule has 2 aromatic rings. The van der Waals surface area contributed by atoms with Crippen LogP contribution >= 0.6 is 24.0 Å². The van der Waals surface area contributed by atoms with Crippen LogP contribution < -0.4 is 15.4 Å². The number of benzene rings is 2. The van der Waals surface area contributed by atoms with Gasteiger partial charge < -0.3 is 20.3 Å². The van der Waals surface area contributed by atoms with E-state index in [-0.39, 0.29) is 29.8 Å². The molecule has 3 rings (SSSR count). The van der Waals surface area contributed by atoms with Crippen molar-refractivity contribution in [2.45, 2.75) is 0 Å². The number of ether oxygens (including phenoxy) is 1. The summed E-state index contributed by atoms with van der Waals surface area (Å²) in [6.07, 6.45) is 0. The zero-order chi connectivity index (χ0) is 17.5. The van der Waals surface area contributed by atoms with E-state index in [0.717, 1.165) is 37.6 Å². The van der Waals surface area contributed by atoms with Crippen LogP contribution in [0.15, 0.2) is 59.6 Å². The number of piperazine rings is 1. The molecule has 0 aromatic heterocycles. The molecule has 140 valence electrons. The third kappa shape index (κ3) is 5.76. The summed E-state index contributed by atoms with van der Waals surface area (Å²) in [7, 11) is 0. The standard InChI is InChI=1S/C19H23FN4O.HI/c20-16-6-8-17(9-7-16)23-11-13-24(14-12-23)19(21)22-10-15-25-18-4-2-1-3-5-18;/h1-9H,10-15H2,(H2,21,22);1H. The summed E-state index contributed by atoms with van der Waals surface area (Å²) in [4.78, 5) is 8.70. The van der Waals surface area contributed by atoms with E-state index in [1.807, 2.05) is 42.5 Å². The van der Waals surface area contributed by atoms with Crippen LogP contribution in [0.2, 0.25) is 0 Å². The Kier molecular flexibility index (Phi) is 7.96. The van der Waals surface area contributed by atoms with Crippen molar-refractivity contribution < 1.29 is 9.13 Å². The molecule has 1 fully saturated rings. The molecular weight excluding hydrogens is 446 g/mol. The summed E-state index contributed by atoms with van der Waals surface area (Å²) in [5, 5.41) is 0. The fourth-order valence-corrected chi connectivity index (χ4v) is 2.79. The predicted molar refractivity (Wildman–Crippen MR) is 114 cm³/mol. The van der Waals surface area contributed by atoms with Gasteiger partial charge in [0.2, 0.25) is 0 Å². The molecule has 1 heterocycles. The number of hydrogen-bond donors (Lipinski definition) is 1. The van der Waals surface area contributed by atoms with Crippen molar-refractivity contribution in [1.82, 2.24) is 4.90 Å². The Morgan fingerprint density at radius 2 is 1.65 bits per heavy atom. The second kappa shape index (κ2) is 10.2. The first-order valence-corrected chi connectivity index (χ1v) is 8.45. The number of guanidine groups is 1. The Morgan fingerprint density at radius 1 is 1.00 bits per heavy atom. The fourth-order valence-electron chi connectivity index (χ4n) is 2.79. The number of hydrogen-bond acceptors (Lipinski definition) is 3. The van der Waals surface area contributed by atoms with Crippen LogP contribution in [0.3, 0.4) is 0 Å². The second-order valence-corrected chi connectivity index (χ2v) is 5.85. The van der Waals surface area contributed by atoms with Crippen LogP contribution in [-0.2, 0) is 0 Å². The van der Waals surface area contributed by atoms with Crippen molar-refractivity contribution in [3.05, 3.63) is 60.4 Å². The Morgan fingerprint density at radius 3 is 2.31 bits per heavy atom. The Bertz CT molecular complexity index is 688. The third-order valence-corrected chi connectivity index (χ3v) is 4.17. The summed E-state index contributed by atoms with van der Waals surface area (Å²) in [6, 6.07) is 16.3. The molecule has 2 N–H and O–H groups in total. The first-order chi connectivity index (χ1) is 12.2. The topological polar surface area (TPSA) is 54.1 Å². The molecule has 0 aliphatic carbocycles. The molecular formula is C19H24FIN4O. The summed E-state index contributed by atoms with van der Waals surface area (Å²) in [5.41, 5.74) is 7.12. The van der Waals surface area contributed by atoms with E-state index in [1.54, 1.807) is 0 Å². The molecule has 0 spiro atoms. The number of para-hydroxylation sites is 1. The highest BCUT2D eigenvalue weighted by molar-refractivity contribution is 14.0. The number of nitrogens with two attached hydrogens (primary N) is 1. The number of halogens is 2. The highest BCUT2D eigenvalue weighted by atomic mass is 127. The quantitative estimate of drug-likeness (QED) is 0.316. The smallest absolute Gasteiger partial charge is 0.191 e. The Hall–Kier alpha value is -2.03. The minimum Gasteiger partial charge on any atom is -0.492 e. The average molecular weight is 470 g/mol. The van der Waals surface area contributed by atoms with Gasteiger partial charge in [-0.3, -0.25) is 0 Å². The van der Waals surface area contributed by atoms with Gasteiger partial charge in [0.05, 0.1) is 6.54 Å². The third-order valence-electron chi connectivity index (χ3n) is 4.17.